The summed E-state index contributed by atoms with van der Waals surface area (Å²) in [5.41, 5.74) is 8.32. The van der Waals surface area contributed by atoms with Gasteiger partial charge < -0.3 is 4.74 Å². The molecule has 4 rings (SSSR count). The molecule has 1 heterocycles. The number of esters is 1. The maximum absolute atomic E-state index is 12.4. The molecule has 0 spiro atoms. The fourth-order valence-electron chi connectivity index (χ4n) is 3.76. The van der Waals surface area contributed by atoms with Gasteiger partial charge >= 0.3 is 5.97 Å². The van der Waals surface area contributed by atoms with E-state index in [2.05, 4.69) is 44.4 Å². The molecule has 0 saturated carbocycles. The van der Waals surface area contributed by atoms with E-state index < -0.39 is 5.97 Å². The lowest BCUT2D eigenvalue weighted by molar-refractivity contribution is 0.0600. The Morgan fingerprint density at radius 3 is 2.38 bits per heavy atom. The van der Waals surface area contributed by atoms with Gasteiger partial charge in [-0.05, 0) is 52.9 Å². The van der Waals surface area contributed by atoms with Crippen LogP contribution in [0.15, 0.2) is 77.9 Å². The van der Waals surface area contributed by atoms with E-state index in [0.717, 1.165) is 31.6 Å². The quantitative estimate of drug-likeness (QED) is 0.369. The molecule has 0 atom stereocenters. The second-order valence-electron chi connectivity index (χ2n) is 7.74. The first-order valence-corrected chi connectivity index (χ1v) is 10.5. The highest BCUT2D eigenvalue weighted by atomic mass is 16.5. The van der Waals surface area contributed by atoms with E-state index >= 15 is 0 Å². The third-order valence-corrected chi connectivity index (χ3v) is 5.54. The van der Waals surface area contributed by atoms with Gasteiger partial charge in [0.25, 0.3) is 5.91 Å². The van der Waals surface area contributed by atoms with Crippen LogP contribution in [0.5, 0.6) is 0 Å². The molecule has 0 bridgehead atoms. The van der Waals surface area contributed by atoms with Crippen LogP contribution in [0.25, 0.3) is 0 Å². The van der Waals surface area contributed by atoms with Gasteiger partial charge in [0.1, 0.15) is 0 Å². The van der Waals surface area contributed by atoms with Crippen molar-refractivity contribution in [2.45, 2.75) is 19.5 Å². The van der Waals surface area contributed by atoms with E-state index in [4.69, 9.17) is 0 Å². The van der Waals surface area contributed by atoms with E-state index in [1.165, 1.54) is 30.0 Å². The minimum Gasteiger partial charge on any atom is -0.465 e. The summed E-state index contributed by atoms with van der Waals surface area (Å²) in [6.07, 6.45) is 2.60. The van der Waals surface area contributed by atoms with E-state index in [1.54, 1.807) is 24.3 Å². The molecule has 0 aromatic heterocycles. The Balaban J connectivity index is 1.29. The lowest BCUT2D eigenvalue weighted by Gasteiger charge is -2.28. The lowest BCUT2D eigenvalue weighted by atomic mass is 9.99. The molecule has 0 aliphatic carbocycles. The summed E-state index contributed by atoms with van der Waals surface area (Å²) in [5.74, 6) is -0.666. The Labute approximate surface area is 187 Å². The molecule has 0 saturated heterocycles. The molecule has 0 unspecified atom stereocenters. The average Bonchev–Trinajstić information content (AvgIpc) is 2.84. The topological polar surface area (TPSA) is 71.0 Å². The second kappa shape index (κ2) is 10.0. The number of benzene rings is 3. The summed E-state index contributed by atoms with van der Waals surface area (Å²) in [7, 11) is 1.34. The minimum atomic E-state index is -0.393. The average molecular weight is 428 g/mol. The van der Waals surface area contributed by atoms with Crippen molar-refractivity contribution in [3.05, 3.63) is 106 Å². The number of carbonyl (C=O) groups excluding carboxylic acids is 2. The van der Waals surface area contributed by atoms with Crippen molar-refractivity contribution in [2.24, 2.45) is 5.10 Å². The van der Waals surface area contributed by atoms with Crippen molar-refractivity contribution in [1.29, 1.82) is 0 Å². The van der Waals surface area contributed by atoms with Crippen LogP contribution in [0, 0.1) is 0 Å². The van der Waals surface area contributed by atoms with Gasteiger partial charge in [0.15, 0.2) is 0 Å². The number of hydrogen-bond acceptors (Lipinski definition) is 5. The fraction of sp³-hybridized carbons (Fsp3) is 0.192. The number of nitrogens with zero attached hydrogens (tertiary/aromatic N) is 2. The van der Waals surface area contributed by atoms with Crippen molar-refractivity contribution in [3.63, 3.8) is 0 Å². The van der Waals surface area contributed by atoms with Crippen LogP contribution in [-0.4, -0.2) is 36.6 Å². The number of hydrogen-bond donors (Lipinski definition) is 1. The smallest absolute Gasteiger partial charge is 0.337 e. The Morgan fingerprint density at radius 1 is 0.969 bits per heavy atom. The molecule has 3 aromatic carbocycles. The summed E-state index contributed by atoms with van der Waals surface area (Å²) in [4.78, 5) is 26.2. The molecule has 1 N–H and O–H groups in total. The van der Waals surface area contributed by atoms with E-state index in [-0.39, 0.29) is 5.91 Å². The Bertz CT molecular complexity index is 1120. The van der Waals surface area contributed by atoms with Crippen LogP contribution in [-0.2, 0) is 24.2 Å². The molecule has 0 radical (unpaired) electrons. The molecule has 6 heteroatoms. The molecule has 0 fully saturated rings. The number of fused-ring (bicyclic) bond motifs is 1. The first-order chi connectivity index (χ1) is 15.6. The standard InChI is InChI=1S/C26H25N3O3/c1-32-26(31)23-12-6-19(7-13-23)16-27-28-25(30)22-10-8-20(9-11-22)17-29-15-14-21-4-2-3-5-24(21)18-29/h2-13,16H,14-15,17-18H2,1H3,(H,28,30)/b27-16-. The highest BCUT2D eigenvalue weighted by Crippen LogP contribution is 2.20. The summed E-state index contributed by atoms with van der Waals surface area (Å²) >= 11 is 0. The van der Waals surface area contributed by atoms with Gasteiger partial charge in [-0.25, -0.2) is 10.2 Å². The zero-order valence-electron chi connectivity index (χ0n) is 18.0. The predicted molar refractivity (Wildman–Crippen MR) is 124 cm³/mol. The van der Waals surface area contributed by atoms with Gasteiger partial charge in [-0.2, -0.15) is 5.10 Å². The molecule has 6 nitrogen and oxygen atoms in total. The van der Waals surface area contributed by atoms with Crippen molar-refractivity contribution >= 4 is 18.1 Å². The fourth-order valence-corrected chi connectivity index (χ4v) is 3.76. The van der Waals surface area contributed by atoms with Crippen LogP contribution >= 0.6 is 0 Å². The maximum atomic E-state index is 12.4. The molecule has 1 amide bonds. The van der Waals surface area contributed by atoms with Crippen molar-refractivity contribution in [1.82, 2.24) is 10.3 Å². The molecule has 3 aromatic rings. The number of methoxy groups -OCH3 is 1. The van der Waals surface area contributed by atoms with Crippen LogP contribution in [0.2, 0.25) is 0 Å². The van der Waals surface area contributed by atoms with Gasteiger partial charge in [0.05, 0.1) is 18.9 Å². The Hall–Kier alpha value is -3.77. The van der Waals surface area contributed by atoms with Gasteiger partial charge in [-0.15, -0.1) is 0 Å². The van der Waals surface area contributed by atoms with Gasteiger partial charge in [0, 0.05) is 25.2 Å². The lowest BCUT2D eigenvalue weighted by Crippen LogP contribution is -2.30. The molecular weight excluding hydrogens is 402 g/mol. The van der Waals surface area contributed by atoms with Crippen LogP contribution in [0.1, 0.15) is 43.0 Å². The Morgan fingerprint density at radius 2 is 1.66 bits per heavy atom. The summed E-state index contributed by atoms with van der Waals surface area (Å²) in [6.45, 7) is 2.85. The first kappa shape index (κ1) is 21.5. The number of hydrazone groups is 1. The van der Waals surface area contributed by atoms with E-state index in [0.29, 0.717) is 11.1 Å². The van der Waals surface area contributed by atoms with E-state index in [9.17, 15) is 9.59 Å². The monoisotopic (exact) mass is 427 g/mol. The normalized spacial score (nSPS) is 13.5. The minimum absolute atomic E-state index is 0.272. The number of carbonyl (C=O) groups is 2. The highest BCUT2D eigenvalue weighted by molar-refractivity contribution is 5.95. The molecule has 1 aliphatic heterocycles. The Kier molecular flexibility index (Phi) is 6.72. The van der Waals surface area contributed by atoms with Gasteiger partial charge in [-0.1, -0.05) is 48.5 Å². The number of rotatable bonds is 6. The molecule has 32 heavy (non-hydrogen) atoms. The summed E-state index contributed by atoms with van der Waals surface area (Å²) in [6, 6.07) is 23.0. The summed E-state index contributed by atoms with van der Waals surface area (Å²) < 4.78 is 4.67. The second-order valence-corrected chi connectivity index (χ2v) is 7.74. The highest BCUT2D eigenvalue weighted by Gasteiger charge is 2.16. The maximum Gasteiger partial charge on any atom is 0.337 e. The SMILES string of the molecule is COC(=O)c1ccc(/C=N\NC(=O)c2ccc(CN3CCc4ccccc4C3)cc2)cc1. The molecule has 162 valence electrons. The molecule has 1 aliphatic rings. The van der Waals surface area contributed by atoms with Crippen molar-refractivity contribution < 1.29 is 14.3 Å². The number of amides is 1. The van der Waals surface area contributed by atoms with Crippen molar-refractivity contribution in [2.75, 3.05) is 13.7 Å². The third-order valence-electron chi connectivity index (χ3n) is 5.54. The van der Waals surface area contributed by atoms with Gasteiger partial charge in [0.2, 0.25) is 0 Å². The summed E-state index contributed by atoms with van der Waals surface area (Å²) in [5, 5.41) is 4.00. The third kappa shape index (κ3) is 5.28. The first-order valence-electron chi connectivity index (χ1n) is 10.5. The molecular formula is C26H25N3O3. The van der Waals surface area contributed by atoms with Crippen molar-refractivity contribution in [3.8, 4) is 0 Å². The zero-order chi connectivity index (χ0) is 22.3. The zero-order valence-corrected chi connectivity index (χ0v) is 18.0. The predicted octanol–water partition coefficient (Wildman–Crippen LogP) is 3.80. The van der Waals surface area contributed by atoms with E-state index in [1.807, 2.05) is 24.3 Å². The largest absolute Gasteiger partial charge is 0.465 e. The van der Waals surface area contributed by atoms with Crippen LogP contribution in [0.4, 0.5) is 0 Å². The number of ether oxygens (including phenoxy) is 1. The van der Waals surface area contributed by atoms with Crippen LogP contribution < -0.4 is 5.43 Å². The van der Waals surface area contributed by atoms with Crippen LogP contribution in [0.3, 0.4) is 0 Å². The number of nitrogens with one attached hydrogen (secondary N) is 1. The van der Waals surface area contributed by atoms with Gasteiger partial charge in [-0.3, -0.25) is 9.69 Å².